The van der Waals surface area contributed by atoms with Crippen LogP contribution in [0.15, 0.2) is 41.3 Å². The minimum atomic E-state index is -3.82. The number of aryl methyl sites for hydroxylation is 2. The second-order valence-corrected chi connectivity index (χ2v) is 7.12. The molecule has 0 radical (unpaired) electrons. The summed E-state index contributed by atoms with van der Waals surface area (Å²) in [6, 6.07) is 9.39. The molecule has 0 aliphatic heterocycles. The Kier molecular flexibility index (Phi) is 4.97. The molecule has 2 rings (SSSR count). The molecule has 0 aromatic heterocycles. The van der Waals surface area contributed by atoms with Crippen molar-refractivity contribution in [2.45, 2.75) is 18.7 Å². The normalized spacial score (nSPS) is 11.1. The quantitative estimate of drug-likeness (QED) is 0.853. The van der Waals surface area contributed by atoms with Crippen molar-refractivity contribution in [2.75, 3.05) is 11.8 Å². The summed E-state index contributed by atoms with van der Waals surface area (Å²) in [6.45, 7) is 3.52. The summed E-state index contributed by atoms with van der Waals surface area (Å²) < 4.78 is 32.2. The Morgan fingerprint density at radius 1 is 1.13 bits per heavy atom. The van der Waals surface area contributed by atoms with E-state index in [1.165, 1.54) is 25.3 Å². The van der Waals surface area contributed by atoms with Gasteiger partial charge in [0.15, 0.2) is 0 Å². The fraction of sp³-hybridized carbons (Fsp3) is 0.188. The number of rotatable bonds is 4. The Balaban J connectivity index is 2.45. The molecule has 0 aliphatic carbocycles. The Labute approximate surface area is 140 Å². The van der Waals surface area contributed by atoms with Crippen LogP contribution in [0.1, 0.15) is 21.5 Å². The minimum Gasteiger partial charge on any atom is -0.465 e. The van der Waals surface area contributed by atoms with Crippen molar-refractivity contribution in [3.8, 4) is 0 Å². The number of ether oxygens (including phenoxy) is 1. The van der Waals surface area contributed by atoms with Crippen molar-refractivity contribution in [1.29, 1.82) is 0 Å². The first-order valence-corrected chi connectivity index (χ1v) is 8.58. The van der Waals surface area contributed by atoms with Gasteiger partial charge in [-0.15, -0.1) is 0 Å². The lowest BCUT2D eigenvalue weighted by molar-refractivity contribution is 0.0601. The molecule has 23 heavy (non-hydrogen) atoms. The highest BCUT2D eigenvalue weighted by molar-refractivity contribution is 7.92. The Bertz CT molecular complexity index is 862. The molecule has 7 heteroatoms. The molecular formula is C16H16ClNO4S. The smallest absolute Gasteiger partial charge is 0.337 e. The van der Waals surface area contributed by atoms with E-state index in [0.717, 1.165) is 5.56 Å². The maximum absolute atomic E-state index is 12.6. The standard InChI is InChI=1S/C16H16ClNO4S/c1-10-4-5-11(2)15(8-10)23(20,21)18-14-9-12(16(19)22-3)6-7-13(14)17/h4-9,18H,1-3H3. The van der Waals surface area contributed by atoms with Crippen molar-refractivity contribution in [1.82, 2.24) is 0 Å². The van der Waals surface area contributed by atoms with Gasteiger partial charge in [0, 0.05) is 0 Å². The maximum atomic E-state index is 12.6. The summed E-state index contributed by atoms with van der Waals surface area (Å²) in [5.74, 6) is -0.575. The predicted octanol–water partition coefficient (Wildman–Crippen LogP) is 3.54. The van der Waals surface area contributed by atoms with E-state index in [-0.39, 0.29) is 21.2 Å². The molecule has 0 bridgehead atoms. The fourth-order valence-electron chi connectivity index (χ4n) is 2.04. The molecular weight excluding hydrogens is 338 g/mol. The fourth-order valence-corrected chi connectivity index (χ4v) is 3.67. The van der Waals surface area contributed by atoms with E-state index in [4.69, 9.17) is 11.6 Å². The van der Waals surface area contributed by atoms with Gasteiger partial charge in [0.25, 0.3) is 10.0 Å². The third kappa shape index (κ3) is 3.83. The molecule has 0 saturated heterocycles. The topological polar surface area (TPSA) is 72.5 Å². The van der Waals surface area contributed by atoms with Crippen LogP contribution in [0.3, 0.4) is 0 Å². The zero-order valence-corrected chi connectivity index (χ0v) is 14.5. The number of esters is 1. The highest BCUT2D eigenvalue weighted by atomic mass is 35.5. The third-order valence-corrected chi connectivity index (χ3v) is 5.10. The predicted molar refractivity (Wildman–Crippen MR) is 89.5 cm³/mol. The summed E-state index contributed by atoms with van der Waals surface area (Å²) in [6.07, 6.45) is 0. The van der Waals surface area contributed by atoms with Crippen molar-refractivity contribution in [2.24, 2.45) is 0 Å². The Hall–Kier alpha value is -2.05. The van der Waals surface area contributed by atoms with Crippen LogP contribution in [0, 0.1) is 13.8 Å². The molecule has 0 spiro atoms. The van der Waals surface area contributed by atoms with E-state index in [1.54, 1.807) is 19.1 Å². The van der Waals surface area contributed by atoms with Gasteiger partial charge in [-0.1, -0.05) is 23.7 Å². The average Bonchev–Trinajstić information content (AvgIpc) is 2.50. The average molecular weight is 354 g/mol. The van der Waals surface area contributed by atoms with E-state index in [9.17, 15) is 13.2 Å². The van der Waals surface area contributed by atoms with E-state index >= 15 is 0 Å². The van der Waals surface area contributed by atoms with Crippen LogP contribution >= 0.6 is 11.6 Å². The van der Waals surface area contributed by atoms with Crippen LogP contribution < -0.4 is 4.72 Å². The first-order valence-electron chi connectivity index (χ1n) is 6.72. The van der Waals surface area contributed by atoms with Crippen LogP contribution in [-0.4, -0.2) is 21.5 Å². The molecule has 0 fully saturated rings. The molecule has 0 unspecified atom stereocenters. The molecule has 0 atom stereocenters. The first-order chi connectivity index (χ1) is 10.7. The molecule has 0 aliphatic rings. The summed E-state index contributed by atoms with van der Waals surface area (Å²) in [7, 11) is -2.58. The number of hydrogen-bond donors (Lipinski definition) is 1. The summed E-state index contributed by atoms with van der Waals surface area (Å²) >= 11 is 6.03. The zero-order chi connectivity index (χ0) is 17.2. The van der Waals surface area contributed by atoms with E-state index in [1.807, 2.05) is 13.0 Å². The molecule has 2 aromatic rings. The van der Waals surface area contributed by atoms with Crippen molar-refractivity contribution in [3.05, 3.63) is 58.1 Å². The van der Waals surface area contributed by atoms with Crippen LogP contribution in [0.4, 0.5) is 5.69 Å². The number of carbonyl (C=O) groups is 1. The van der Waals surface area contributed by atoms with Gasteiger partial charge in [0.05, 0.1) is 28.3 Å². The van der Waals surface area contributed by atoms with Gasteiger partial charge in [-0.25, -0.2) is 13.2 Å². The molecule has 2 aromatic carbocycles. The molecule has 1 N–H and O–H groups in total. The highest BCUT2D eigenvalue weighted by Gasteiger charge is 2.19. The monoisotopic (exact) mass is 353 g/mol. The maximum Gasteiger partial charge on any atom is 0.337 e. The Morgan fingerprint density at radius 2 is 1.83 bits per heavy atom. The summed E-state index contributed by atoms with van der Waals surface area (Å²) in [4.78, 5) is 11.7. The number of benzene rings is 2. The van der Waals surface area contributed by atoms with Crippen LogP contribution in [0.25, 0.3) is 0 Å². The molecule has 122 valence electrons. The molecule has 5 nitrogen and oxygen atoms in total. The summed E-state index contributed by atoms with van der Waals surface area (Å²) in [5, 5.41) is 0.187. The van der Waals surface area contributed by atoms with Gasteiger partial charge in [-0.05, 0) is 49.2 Å². The lowest BCUT2D eigenvalue weighted by atomic mass is 10.2. The molecule has 0 heterocycles. The largest absolute Gasteiger partial charge is 0.465 e. The van der Waals surface area contributed by atoms with Crippen LogP contribution in [-0.2, 0) is 14.8 Å². The summed E-state index contributed by atoms with van der Waals surface area (Å²) in [5.41, 5.74) is 1.76. The van der Waals surface area contributed by atoms with Crippen LogP contribution in [0.2, 0.25) is 5.02 Å². The lowest BCUT2D eigenvalue weighted by Gasteiger charge is -2.13. The number of sulfonamides is 1. The highest BCUT2D eigenvalue weighted by Crippen LogP contribution is 2.27. The van der Waals surface area contributed by atoms with E-state index in [2.05, 4.69) is 9.46 Å². The second-order valence-electron chi connectivity index (χ2n) is 5.06. The van der Waals surface area contributed by atoms with Crippen LogP contribution in [0.5, 0.6) is 0 Å². The van der Waals surface area contributed by atoms with Gasteiger partial charge in [-0.3, -0.25) is 4.72 Å². The zero-order valence-electron chi connectivity index (χ0n) is 12.9. The number of nitrogens with one attached hydrogen (secondary N) is 1. The minimum absolute atomic E-state index is 0.121. The molecule has 0 amide bonds. The SMILES string of the molecule is COC(=O)c1ccc(Cl)c(NS(=O)(=O)c2cc(C)ccc2C)c1. The lowest BCUT2D eigenvalue weighted by Crippen LogP contribution is -2.15. The number of hydrogen-bond acceptors (Lipinski definition) is 4. The Morgan fingerprint density at radius 3 is 2.48 bits per heavy atom. The number of anilines is 1. The molecule has 0 saturated carbocycles. The van der Waals surface area contributed by atoms with Crippen molar-refractivity contribution in [3.63, 3.8) is 0 Å². The number of methoxy groups -OCH3 is 1. The van der Waals surface area contributed by atoms with E-state index < -0.39 is 16.0 Å². The number of carbonyl (C=O) groups excluding carboxylic acids is 1. The number of halogens is 1. The third-order valence-electron chi connectivity index (χ3n) is 3.26. The van der Waals surface area contributed by atoms with Gasteiger partial charge in [-0.2, -0.15) is 0 Å². The van der Waals surface area contributed by atoms with Gasteiger partial charge < -0.3 is 4.74 Å². The van der Waals surface area contributed by atoms with Gasteiger partial charge in [0.1, 0.15) is 0 Å². The van der Waals surface area contributed by atoms with Gasteiger partial charge in [0.2, 0.25) is 0 Å². The second kappa shape index (κ2) is 6.60. The van der Waals surface area contributed by atoms with E-state index in [0.29, 0.717) is 5.56 Å². The van der Waals surface area contributed by atoms with Crippen molar-refractivity contribution >= 4 is 33.3 Å². The first kappa shape index (κ1) is 17.3. The van der Waals surface area contributed by atoms with Gasteiger partial charge >= 0.3 is 5.97 Å². The van der Waals surface area contributed by atoms with Crippen molar-refractivity contribution < 1.29 is 17.9 Å².